The number of aliphatic hydroxyl groups is 2. The zero-order chi connectivity index (χ0) is 44.4. The summed E-state index contributed by atoms with van der Waals surface area (Å²) in [5.74, 6) is -2.76. The van der Waals surface area contributed by atoms with Gasteiger partial charge >= 0.3 is 36.9 Å². The second kappa shape index (κ2) is 17.0. The van der Waals surface area contributed by atoms with Crippen LogP contribution in [0.4, 0.5) is 65.9 Å². The Morgan fingerprint density at radius 1 is 0.424 bits per heavy atom. The van der Waals surface area contributed by atoms with Crippen LogP contribution in [0.1, 0.15) is 22.3 Å². The van der Waals surface area contributed by atoms with Crippen molar-refractivity contribution in [3.05, 3.63) is 119 Å². The van der Waals surface area contributed by atoms with Gasteiger partial charge in [0.2, 0.25) is 0 Å². The topological polar surface area (TPSA) is 84.2 Å². The van der Waals surface area contributed by atoms with E-state index in [1.54, 1.807) is 48.5 Å². The number of alkyl halides is 15. The van der Waals surface area contributed by atoms with Crippen molar-refractivity contribution in [2.45, 2.75) is 55.2 Å². The van der Waals surface area contributed by atoms with E-state index in [9.17, 15) is 76.1 Å². The minimum atomic E-state index is -5.97. The first-order valence-corrected chi connectivity index (χ1v) is 16.8. The molecule has 3 N–H and O–H groups in total. The third-order valence-corrected chi connectivity index (χ3v) is 9.34. The molecule has 0 aromatic heterocycles. The average molecular weight is 865 g/mol. The monoisotopic (exact) mass is 864 g/mol. The number of piperazine rings is 1. The number of carboxylic acids is 1. The lowest BCUT2D eigenvalue weighted by Gasteiger charge is -2.34. The molecule has 0 saturated carbocycles. The van der Waals surface area contributed by atoms with Crippen LogP contribution < -0.4 is 0 Å². The van der Waals surface area contributed by atoms with Crippen LogP contribution in [0.25, 0.3) is 22.3 Å². The van der Waals surface area contributed by atoms with E-state index in [0.717, 1.165) is 61.6 Å². The number of benzene rings is 4. The number of carboxylic acid groups (broad SMARTS) is 1. The van der Waals surface area contributed by atoms with E-state index >= 15 is 0 Å². The smallest absolute Gasteiger partial charge is 0.475 e. The Hall–Kier alpha value is -4.86. The number of halogens is 15. The van der Waals surface area contributed by atoms with Crippen LogP contribution in [0.15, 0.2) is 97.1 Å². The van der Waals surface area contributed by atoms with Crippen LogP contribution >= 0.6 is 0 Å². The molecule has 0 atom stereocenters. The highest BCUT2D eigenvalue weighted by Gasteiger charge is 2.72. The normalized spacial score (nSPS) is 15.4. The highest BCUT2D eigenvalue weighted by atomic mass is 19.4. The van der Waals surface area contributed by atoms with Crippen LogP contribution in [0, 0.1) is 0 Å². The van der Waals surface area contributed by atoms with Crippen LogP contribution in [0.2, 0.25) is 0 Å². The van der Waals surface area contributed by atoms with Crippen LogP contribution in [0.5, 0.6) is 0 Å². The highest BCUT2D eigenvalue weighted by molar-refractivity contribution is 5.73. The first-order valence-electron chi connectivity index (χ1n) is 16.8. The van der Waals surface area contributed by atoms with Gasteiger partial charge in [0, 0.05) is 50.4 Å². The molecule has 21 heteroatoms. The summed E-state index contributed by atoms with van der Waals surface area (Å²) < 4.78 is 190. The molecule has 59 heavy (non-hydrogen) atoms. The molecule has 0 radical (unpaired) electrons. The lowest BCUT2D eigenvalue weighted by molar-refractivity contribution is -0.376. The van der Waals surface area contributed by atoms with E-state index in [4.69, 9.17) is 9.90 Å². The molecule has 6 nitrogen and oxygen atoms in total. The van der Waals surface area contributed by atoms with E-state index in [0.29, 0.717) is 59.6 Å². The minimum absolute atomic E-state index is 0.362. The van der Waals surface area contributed by atoms with E-state index in [2.05, 4.69) is 9.80 Å². The van der Waals surface area contributed by atoms with Crippen molar-refractivity contribution < 1.29 is 86.0 Å². The minimum Gasteiger partial charge on any atom is -0.475 e. The zero-order valence-corrected chi connectivity index (χ0v) is 29.8. The first kappa shape index (κ1) is 46.8. The molecule has 0 aliphatic carbocycles. The summed E-state index contributed by atoms with van der Waals surface area (Å²) in [4.78, 5) is 13.3. The number of carbonyl (C=O) groups is 1. The summed E-state index contributed by atoms with van der Waals surface area (Å²) in [6, 6.07) is 20.8. The maximum atomic E-state index is 13.2. The Labute approximate surface area is 324 Å². The summed E-state index contributed by atoms with van der Waals surface area (Å²) in [5.41, 5.74) is -8.97. The largest absolute Gasteiger partial charge is 0.490 e. The molecule has 322 valence electrons. The van der Waals surface area contributed by atoms with E-state index in [1.807, 2.05) is 0 Å². The molecule has 4 aromatic rings. The van der Waals surface area contributed by atoms with Crippen molar-refractivity contribution in [3.8, 4) is 22.3 Å². The zero-order valence-electron chi connectivity index (χ0n) is 29.8. The molecular formula is C38H31F15N2O4. The molecule has 0 amide bonds. The first-order chi connectivity index (χ1) is 27.0. The molecule has 5 rings (SSSR count). The Morgan fingerprint density at radius 3 is 0.814 bits per heavy atom. The van der Waals surface area contributed by atoms with Crippen molar-refractivity contribution in [2.24, 2.45) is 0 Å². The summed E-state index contributed by atoms with van der Waals surface area (Å²) in [5, 5.41) is 26.3. The summed E-state index contributed by atoms with van der Waals surface area (Å²) in [7, 11) is 0. The molecule has 1 aliphatic rings. The van der Waals surface area contributed by atoms with Gasteiger partial charge in [-0.1, -0.05) is 97.1 Å². The maximum Gasteiger partial charge on any atom is 0.490 e. The quantitative estimate of drug-likeness (QED) is 0.153. The number of hydrogen-bond donors (Lipinski definition) is 3. The molecule has 1 saturated heterocycles. The van der Waals surface area contributed by atoms with Crippen molar-refractivity contribution in [3.63, 3.8) is 0 Å². The Morgan fingerprint density at radius 2 is 0.627 bits per heavy atom. The molecule has 1 fully saturated rings. The van der Waals surface area contributed by atoms with E-state index in [1.165, 1.54) is 0 Å². The van der Waals surface area contributed by atoms with Gasteiger partial charge in [-0.3, -0.25) is 9.80 Å². The van der Waals surface area contributed by atoms with Gasteiger partial charge in [0.1, 0.15) is 0 Å². The predicted octanol–water partition coefficient (Wildman–Crippen LogP) is 9.60. The molecule has 1 aliphatic heterocycles. The third kappa shape index (κ3) is 10.5. The highest BCUT2D eigenvalue weighted by Crippen LogP contribution is 2.51. The van der Waals surface area contributed by atoms with E-state index < -0.39 is 59.2 Å². The van der Waals surface area contributed by atoms with Gasteiger partial charge in [-0.05, 0) is 33.4 Å². The average Bonchev–Trinajstić information content (AvgIpc) is 3.14. The molecule has 4 aromatic carbocycles. The summed E-state index contributed by atoms with van der Waals surface area (Å²) >= 11 is 0. The standard InChI is InChI=1S/C36H30F12N2O2.C2HF3O2/c37-33(38,39)31(51,34(40,41)42)29-13-9-27(10-14-29)25-5-1-23(2-6-25)21-49-17-19-50(20-18-49)22-24-3-7-26(8-4-24)28-11-15-30(16-12-28)32(52,35(43,44)45)36(46,47)48;3-2(4,5)1(6)7/h1-16,51-52H,17-22H2;(H,6,7). The molecule has 0 spiro atoms. The second-order valence-corrected chi connectivity index (χ2v) is 13.3. The van der Waals surface area contributed by atoms with Gasteiger partial charge in [0.05, 0.1) is 0 Å². The number of rotatable bonds is 8. The van der Waals surface area contributed by atoms with Gasteiger partial charge in [0.25, 0.3) is 11.2 Å². The fourth-order valence-electron chi connectivity index (χ4n) is 6.01. The number of nitrogens with zero attached hydrogens (tertiary/aromatic N) is 2. The van der Waals surface area contributed by atoms with Gasteiger partial charge in [-0.15, -0.1) is 0 Å². The molecule has 0 bridgehead atoms. The van der Waals surface area contributed by atoms with Crippen molar-refractivity contribution in [1.29, 1.82) is 0 Å². The SMILES string of the molecule is O=C(O)C(F)(F)F.OC(c1ccc(-c2ccc(CN3CCN(Cc4ccc(-c5ccc(C(O)(C(F)(F)F)C(F)(F)F)cc5)cc4)CC3)cc2)cc1)(C(F)(F)F)C(F)(F)F. The Balaban J connectivity index is 0.00000101. The van der Waals surface area contributed by atoms with Crippen LogP contribution in [0.3, 0.4) is 0 Å². The lowest BCUT2D eigenvalue weighted by Crippen LogP contribution is -2.53. The van der Waals surface area contributed by atoms with Gasteiger partial charge < -0.3 is 15.3 Å². The molecule has 0 unspecified atom stereocenters. The number of aliphatic carboxylic acids is 1. The van der Waals surface area contributed by atoms with Crippen LogP contribution in [-0.4, -0.2) is 88.1 Å². The second-order valence-electron chi connectivity index (χ2n) is 13.3. The predicted molar refractivity (Wildman–Crippen MR) is 180 cm³/mol. The van der Waals surface area contributed by atoms with E-state index in [-0.39, 0.29) is 0 Å². The van der Waals surface area contributed by atoms with Gasteiger partial charge in [-0.2, -0.15) is 65.9 Å². The third-order valence-electron chi connectivity index (χ3n) is 9.34. The fourth-order valence-corrected chi connectivity index (χ4v) is 6.01. The Kier molecular flexibility index (Phi) is 13.5. The fraction of sp³-hybridized carbons (Fsp3) is 0.342. The van der Waals surface area contributed by atoms with Gasteiger partial charge in [-0.25, -0.2) is 4.79 Å². The molecule has 1 heterocycles. The Bertz CT molecular complexity index is 1840. The van der Waals surface area contributed by atoms with Crippen molar-refractivity contribution >= 4 is 5.97 Å². The van der Waals surface area contributed by atoms with Crippen molar-refractivity contribution in [1.82, 2.24) is 9.80 Å². The summed E-state index contributed by atoms with van der Waals surface area (Å²) in [6.07, 6.45) is -29.0. The number of hydrogen-bond acceptors (Lipinski definition) is 5. The molecular weight excluding hydrogens is 833 g/mol. The van der Waals surface area contributed by atoms with Gasteiger partial charge in [0.15, 0.2) is 0 Å². The lowest BCUT2D eigenvalue weighted by atomic mass is 9.90. The maximum absolute atomic E-state index is 13.2. The van der Waals surface area contributed by atoms with Crippen molar-refractivity contribution in [2.75, 3.05) is 26.2 Å². The summed E-state index contributed by atoms with van der Waals surface area (Å²) in [6.45, 7) is 4.06. The van der Waals surface area contributed by atoms with Crippen LogP contribution in [-0.2, 0) is 29.1 Å².